The van der Waals surface area contributed by atoms with Gasteiger partial charge in [0.2, 0.25) is 0 Å². The van der Waals surface area contributed by atoms with Gasteiger partial charge in [-0.2, -0.15) is 0 Å². The number of rotatable bonds is 7. The number of hydrogen-bond donors (Lipinski definition) is 2. The Kier molecular flexibility index (Phi) is 5.77. The molecule has 0 aromatic rings. The van der Waals surface area contributed by atoms with Gasteiger partial charge < -0.3 is 29.2 Å². The standard InChI is InChI=1S/C14H26O6/c1-13(19-9-10-20-13)6-4-7-14(15,16)11-18-12-5-2-3-8-17-12/h12,15-16H,2-11H2,1H3. The van der Waals surface area contributed by atoms with E-state index in [1.165, 1.54) is 0 Å². The fourth-order valence-corrected chi connectivity index (χ4v) is 2.53. The van der Waals surface area contributed by atoms with E-state index in [1.807, 2.05) is 6.92 Å². The molecule has 0 amide bonds. The van der Waals surface area contributed by atoms with Gasteiger partial charge in [-0.1, -0.05) is 0 Å². The van der Waals surface area contributed by atoms with Crippen molar-refractivity contribution in [3.05, 3.63) is 0 Å². The summed E-state index contributed by atoms with van der Waals surface area (Å²) in [4.78, 5) is 0. The molecule has 1 atom stereocenters. The second kappa shape index (κ2) is 7.15. The molecule has 0 radical (unpaired) electrons. The van der Waals surface area contributed by atoms with Gasteiger partial charge in [-0.15, -0.1) is 0 Å². The summed E-state index contributed by atoms with van der Waals surface area (Å²) in [5, 5.41) is 19.8. The summed E-state index contributed by atoms with van der Waals surface area (Å²) in [6, 6.07) is 0. The van der Waals surface area contributed by atoms with Gasteiger partial charge in [-0.05, 0) is 32.6 Å². The van der Waals surface area contributed by atoms with Gasteiger partial charge in [0.05, 0.1) is 13.2 Å². The zero-order valence-electron chi connectivity index (χ0n) is 12.2. The Bertz CT molecular complexity index is 281. The maximum absolute atomic E-state index is 9.90. The van der Waals surface area contributed by atoms with Crippen LogP contribution >= 0.6 is 0 Å². The molecule has 0 saturated carbocycles. The third-order valence-corrected chi connectivity index (χ3v) is 3.74. The molecule has 2 N–H and O–H groups in total. The fourth-order valence-electron chi connectivity index (χ4n) is 2.53. The fraction of sp³-hybridized carbons (Fsp3) is 1.00. The molecule has 0 bridgehead atoms. The van der Waals surface area contributed by atoms with Gasteiger partial charge in [0.15, 0.2) is 17.9 Å². The molecule has 2 rings (SSSR count). The highest BCUT2D eigenvalue weighted by Gasteiger charge is 2.32. The van der Waals surface area contributed by atoms with Crippen molar-refractivity contribution in [3.8, 4) is 0 Å². The Morgan fingerprint density at radius 3 is 2.60 bits per heavy atom. The van der Waals surface area contributed by atoms with Gasteiger partial charge in [0.1, 0.15) is 6.61 Å². The van der Waals surface area contributed by atoms with Crippen LogP contribution in [0.5, 0.6) is 0 Å². The largest absolute Gasteiger partial charge is 0.364 e. The van der Waals surface area contributed by atoms with Gasteiger partial charge in [-0.3, -0.25) is 0 Å². The quantitative estimate of drug-likeness (QED) is 0.685. The van der Waals surface area contributed by atoms with Crippen LogP contribution in [0.15, 0.2) is 0 Å². The molecule has 0 aliphatic carbocycles. The van der Waals surface area contributed by atoms with Crippen LogP contribution in [-0.2, 0) is 18.9 Å². The minimum absolute atomic E-state index is 0.129. The Balaban J connectivity index is 1.62. The maximum atomic E-state index is 9.90. The molecule has 6 nitrogen and oxygen atoms in total. The second-order valence-electron chi connectivity index (χ2n) is 5.77. The van der Waals surface area contributed by atoms with E-state index in [2.05, 4.69) is 0 Å². The summed E-state index contributed by atoms with van der Waals surface area (Å²) >= 11 is 0. The topological polar surface area (TPSA) is 77.4 Å². The predicted octanol–water partition coefficient (Wildman–Crippen LogP) is 1.14. The molecule has 0 aromatic carbocycles. The first-order valence-corrected chi connectivity index (χ1v) is 7.45. The molecule has 118 valence electrons. The lowest BCUT2D eigenvalue weighted by Crippen LogP contribution is -2.38. The predicted molar refractivity (Wildman–Crippen MR) is 70.9 cm³/mol. The highest BCUT2D eigenvalue weighted by molar-refractivity contribution is 4.72. The van der Waals surface area contributed by atoms with E-state index in [1.54, 1.807) is 0 Å². The van der Waals surface area contributed by atoms with E-state index in [9.17, 15) is 10.2 Å². The average Bonchev–Trinajstić information content (AvgIpc) is 2.85. The molecule has 2 heterocycles. The number of aliphatic hydroxyl groups is 2. The Morgan fingerprint density at radius 1 is 1.20 bits per heavy atom. The molecular formula is C14H26O6. The molecule has 2 aliphatic heterocycles. The van der Waals surface area contributed by atoms with Crippen LogP contribution < -0.4 is 0 Å². The Labute approximate surface area is 120 Å². The first kappa shape index (κ1) is 16.1. The third-order valence-electron chi connectivity index (χ3n) is 3.74. The van der Waals surface area contributed by atoms with E-state index < -0.39 is 11.6 Å². The molecule has 0 spiro atoms. The molecule has 6 heteroatoms. The van der Waals surface area contributed by atoms with Crippen LogP contribution in [0.1, 0.15) is 45.4 Å². The van der Waals surface area contributed by atoms with Crippen LogP contribution in [0.25, 0.3) is 0 Å². The van der Waals surface area contributed by atoms with Crippen molar-refractivity contribution < 1.29 is 29.2 Å². The van der Waals surface area contributed by atoms with E-state index in [4.69, 9.17) is 18.9 Å². The summed E-state index contributed by atoms with van der Waals surface area (Å²) in [6.45, 7) is 3.63. The zero-order chi connectivity index (χ0) is 14.5. The van der Waals surface area contributed by atoms with Crippen molar-refractivity contribution in [2.24, 2.45) is 0 Å². The van der Waals surface area contributed by atoms with E-state index in [0.717, 1.165) is 19.3 Å². The van der Waals surface area contributed by atoms with Crippen molar-refractivity contribution in [1.82, 2.24) is 0 Å². The van der Waals surface area contributed by atoms with Gasteiger partial charge >= 0.3 is 0 Å². The third kappa shape index (κ3) is 5.27. The summed E-state index contributed by atoms with van der Waals surface area (Å²) in [5.74, 6) is -2.40. The van der Waals surface area contributed by atoms with E-state index in [-0.39, 0.29) is 19.3 Å². The maximum Gasteiger partial charge on any atom is 0.186 e. The Hall–Kier alpha value is -0.240. The van der Waals surface area contributed by atoms with Gasteiger partial charge in [-0.25, -0.2) is 0 Å². The lowest BCUT2D eigenvalue weighted by molar-refractivity contribution is -0.251. The highest BCUT2D eigenvalue weighted by atomic mass is 16.7. The summed E-state index contributed by atoms with van der Waals surface area (Å²) in [6.07, 6.45) is 4.07. The van der Waals surface area contributed by atoms with Crippen molar-refractivity contribution in [1.29, 1.82) is 0 Å². The van der Waals surface area contributed by atoms with Gasteiger partial charge in [0.25, 0.3) is 0 Å². The van der Waals surface area contributed by atoms with Crippen LogP contribution in [-0.4, -0.2) is 54.5 Å². The molecule has 2 fully saturated rings. The van der Waals surface area contributed by atoms with Crippen molar-refractivity contribution in [3.63, 3.8) is 0 Å². The van der Waals surface area contributed by atoms with Crippen LogP contribution in [0.3, 0.4) is 0 Å². The minimum atomic E-state index is -1.82. The average molecular weight is 290 g/mol. The highest BCUT2D eigenvalue weighted by Crippen LogP contribution is 2.26. The normalized spacial score (nSPS) is 26.9. The summed E-state index contributed by atoms with van der Waals surface area (Å²) in [7, 11) is 0. The van der Waals surface area contributed by atoms with Crippen LogP contribution in [0, 0.1) is 0 Å². The molecule has 2 saturated heterocycles. The summed E-state index contributed by atoms with van der Waals surface area (Å²) in [5.41, 5.74) is 0. The molecule has 20 heavy (non-hydrogen) atoms. The van der Waals surface area contributed by atoms with Gasteiger partial charge in [0, 0.05) is 19.4 Å². The zero-order valence-corrected chi connectivity index (χ0v) is 12.2. The van der Waals surface area contributed by atoms with E-state index >= 15 is 0 Å². The van der Waals surface area contributed by atoms with Crippen LogP contribution in [0.2, 0.25) is 0 Å². The lowest BCUT2D eigenvalue weighted by Gasteiger charge is -2.28. The molecule has 1 unspecified atom stereocenters. The first-order chi connectivity index (χ1) is 9.49. The Morgan fingerprint density at radius 2 is 1.95 bits per heavy atom. The number of ether oxygens (including phenoxy) is 4. The SMILES string of the molecule is CC1(CCCC(O)(O)COC2CCCCO2)OCCO1. The van der Waals surface area contributed by atoms with Crippen LogP contribution in [0.4, 0.5) is 0 Å². The van der Waals surface area contributed by atoms with Crippen molar-refractivity contribution in [2.45, 2.75) is 63.3 Å². The number of hydrogen-bond acceptors (Lipinski definition) is 6. The smallest absolute Gasteiger partial charge is 0.186 e. The monoisotopic (exact) mass is 290 g/mol. The van der Waals surface area contributed by atoms with Crippen molar-refractivity contribution >= 4 is 0 Å². The molecule has 2 aliphatic rings. The minimum Gasteiger partial charge on any atom is -0.364 e. The van der Waals surface area contributed by atoms with Crippen molar-refractivity contribution in [2.75, 3.05) is 26.4 Å². The molecule has 0 aromatic heterocycles. The second-order valence-corrected chi connectivity index (χ2v) is 5.77. The molecular weight excluding hydrogens is 264 g/mol. The summed E-state index contributed by atoms with van der Waals surface area (Å²) < 4.78 is 21.7. The lowest BCUT2D eigenvalue weighted by atomic mass is 10.1. The first-order valence-electron chi connectivity index (χ1n) is 7.45. The van der Waals surface area contributed by atoms with E-state index in [0.29, 0.717) is 32.7 Å².